The lowest BCUT2D eigenvalue weighted by molar-refractivity contribution is -0.123. The standard InChI is InChI=1S/C9H14N2O2/c1-9(10)4-2-3-7(5-9)11-8(13)6-12/h2-4,12H,5-6,10H2,1H3,(H,11,13). The molecule has 0 bridgehead atoms. The Bertz CT molecular complexity index is 267. The fourth-order valence-corrected chi connectivity index (χ4v) is 1.22. The molecule has 1 aliphatic carbocycles. The molecule has 1 unspecified atom stereocenters. The Morgan fingerprint density at radius 3 is 3.08 bits per heavy atom. The minimum absolute atomic E-state index is 0.405. The van der Waals surface area contributed by atoms with Crippen molar-refractivity contribution < 1.29 is 9.90 Å². The van der Waals surface area contributed by atoms with Gasteiger partial charge in [0.05, 0.1) is 0 Å². The molecular weight excluding hydrogens is 168 g/mol. The molecular formula is C9H14N2O2. The van der Waals surface area contributed by atoms with Crippen LogP contribution in [0, 0.1) is 0 Å². The number of aliphatic hydroxyl groups excluding tert-OH is 1. The van der Waals surface area contributed by atoms with Crippen molar-refractivity contribution in [2.24, 2.45) is 5.73 Å². The van der Waals surface area contributed by atoms with Gasteiger partial charge in [0.2, 0.25) is 5.91 Å². The predicted molar refractivity (Wildman–Crippen MR) is 49.7 cm³/mol. The molecule has 1 amide bonds. The van der Waals surface area contributed by atoms with Gasteiger partial charge in [-0.25, -0.2) is 0 Å². The van der Waals surface area contributed by atoms with Crippen molar-refractivity contribution in [2.75, 3.05) is 6.61 Å². The van der Waals surface area contributed by atoms with Crippen molar-refractivity contribution in [1.29, 1.82) is 0 Å². The summed E-state index contributed by atoms with van der Waals surface area (Å²) >= 11 is 0. The molecule has 0 aromatic heterocycles. The molecule has 0 aromatic carbocycles. The van der Waals surface area contributed by atoms with Crippen LogP contribution in [0.15, 0.2) is 23.9 Å². The van der Waals surface area contributed by atoms with E-state index >= 15 is 0 Å². The van der Waals surface area contributed by atoms with Crippen molar-refractivity contribution >= 4 is 5.91 Å². The van der Waals surface area contributed by atoms with Gasteiger partial charge in [-0.2, -0.15) is 0 Å². The summed E-state index contributed by atoms with van der Waals surface area (Å²) < 4.78 is 0. The number of amides is 1. The van der Waals surface area contributed by atoms with Crippen LogP contribution < -0.4 is 11.1 Å². The number of allylic oxidation sites excluding steroid dienone is 2. The van der Waals surface area contributed by atoms with Crippen LogP contribution >= 0.6 is 0 Å². The van der Waals surface area contributed by atoms with Gasteiger partial charge < -0.3 is 16.2 Å². The SMILES string of the molecule is CC1(N)C=CC=C(NC(=O)CO)C1. The third-order valence-corrected chi connectivity index (χ3v) is 1.79. The summed E-state index contributed by atoms with van der Waals surface area (Å²) in [6, 6.07) is 0. The largest absolute Gasteiger partial charge is 0.387 e. The number of hydrogen-bond acceptors (Lipinski definition) is 3. The van der Waals surface area contributed by atoms with Crippen molar-refractivity contribution in [3.8, 4) is 0 Å². The smallest absolute Gasteiger partial charge is 0.249 e. The van der Waals surface area contributed by atoms with Gasteiger partial charge in [0.1, 0.15) is 6.61 Å². The van der Waals surface area contributed by atoms with Gasteiger partial charge in [0.15, 0.2) is 0 Å². The number of aliphatic hydroxyl groups is 1. The van der Waals surface area contributed by atoms with E-state index in [1.54, 1.807) is 12.2 Å². The lowest BCUT2D eigenvalue weighted by Gasteiger charge is -2.25. The van der Waals surface area contributed by atoms with E-state index in [9.17, 15) is 4.79 Å². The number of nitrogens with two attached hydrogens (primary N) is 1. The number of carbonyl (C=O) groups is 1. The Hall–Kier alpha value is -1.13. The van der Waals surface area contributed by atoms with E-state index in [2.05, 4.69) is 5.32 Å². The molecule has 13 heavy (non-hydrogen) atoms. The van der Waals surface area contributed by atoms with E-state index in [4.69, 9.17) is 10.8 Å². The summed E-state index contributed by atoms with van der Waals surface area (Å²) in [7, 11) is 0. The Kier molecular flexibility index (Phi) is 2.85. The molecule has 1 rings (SSSR count). The van der Waals surface area contributed by atoms with Gasteiger partial charge in [-0.3, -0.25) is 4.79 Å². The third kappa shape index (κ3) is 3.01. The highest BCUT2D eigenvalue weighted by Gasteiger charge is 2.19. The van der Waals surface area contributed by atoms with Crippen molar-refractivity contribution in [3.05, 3.63) is 23.9 Å². The zero-order valence-electron chi connectivity index (χ0n) is 7.58. The zero-order valence-corrected chi connectivity index (χ0v) is 7.58. The molecule has 4 nitrogen and oxygen atoms in total. The molecule has 1 atom stereocenters. The van der Waals surface area contributed by atoms with Crippen LogP contribution in [0.2, 0.25) is 0 Å². The summed E-state index contributed by atoms with van der Waals surface area (Å²) in [5.41, 5.74) is 6.18. The maximum atomic E-state index is 10.8. The molecule has 1 aliphatic rings. The van der Waals surface area contributed by atoms with Crippen molar-refractivity contribution in [3.63, 3.8) is 0 Å². The molecule has 4 heteroatoms. The molecule has 4 N–H and O–H groups in total. The van der Waals surface area contributed by atoms with Crippen LogP contribution in [0.1, 0.15) is 13.3 Å². The van der Waals surface area contributed by atoms with E-state index in [0.717, 1.165) is 5.70 Å². The first kappa shape index (κ1) is 9.95. The van der Waals surface area contributed by atoms with Crippen molar-refractivity contribution in [2.45, 2.75) is 18.9 Å². The van der Waals surface area contributed by atoms with E-state index < -0.39 is 18.1 Å². The monoisotopic (exact) mass is 182 g/mol. The predicted octanol–water partition coefficient (Wildman–Crippen LogP) is -0.344. The first-order valence-corrected chi connectivity index (χ1v) is 4.11. The van der Waals surface area contributed by atoms with Gasteiger partial charge in [0.25, 0.3) is 0 Å². The Labute approximate surface area is 77.1 Å². The quantitative estimate of drug-likeness (QED) is 0.546. The summed E-state index contributed by atoms with van der Waals surface area (Å²) in [5.74, 6) is -0.405. The molecule has 0 fully saturated rings. The second-order valence-corrected chi connectivity index (χ2v) is 3.44. The fraction of sp³-hybridized carbons (Fsp3) is 0.444. The maximum absolute atomic E-state index is 10.8. The van der Waals surface area contributed by atoms with Crippen LogP contribution in [0.4, 0.5) is 0 Å². The van der Waals surface area contributed by atoms with Crippen LogP contribution in [0.25, 0.3) is 0 Å². The summed E-state index contributed by atoms with van der Waals surface area (Å²) in [4.78, 5) is 10.8. The highest BCUT2D eigenvalue weighted by atomic mass is 16.3. The lowest BCUT2D eigenvalue weighted by atomic mass is 9.93. The summed E-state index contributed by atoms with van der Waals surface area (Å²) in [6.45, 7) is 1.38. The first-order valence-electron chi connectivity index (χ1n) is 4.11. The Morgan fingerprint density at radius 2 is 2.54 bits per heavy atom. The normalized spacial score (nSPS) is 26.8. The number of hydrogen-bond donors (Lipinski definition) is 3. The van der Waals surface area contributed by atoms with Crippen LogP contribution in [-0.4, -0.2) is 23.2 Å². The van der Waals surface area contributed by atoms with Crippen LogP contribution in [-0.2, 0) is 4.79 Å². The molecule has 0 saturated heterocycles. The third-order valence-electron chi connectivity index (χ3n) is 1.79. The van der Waals surface area contributed by atoms with E-state index in [1.165, 1.54) is 0 Å². The topological polar surface area (TPSA) is 75.3 Å². The minimum Gasteiger partial charge on any atom is -0.387 e. The first-order chi connectivity index (χ1) is 6.03. The molecule has 0 heterocycles. The average Bonchev–Trinajstić information content (AvgIpc) is 2.02. The molecule has 0 radical (unpaired) electrons. The number of rotatable bonds is 2. The average molecular weight is 182 g/mol. The second-order valence-electron chi connectivity index (χ2n) is 3.44. The van der Waals surface area contributed by atoms with Gasteiger partial charge in [-0.15, -0.1) is 0 Å². The summed E-state index contributed by atoms with van der Waals surface area (Å²) in [5, 5.41) is 11.1. The van der Waals surface area contributed by atoms with E-state index in [-0.39, 0.29) is 0 Å². The van der Waals surface area contributed by atoms with Crippen molar-refractivity contribution in [1.82, 2.24) is 5.32 Å². The minimum atomic E-state index is -0.498. The lowest BCUT2D eigenvalue weighted by Crippen LogP contribution is -2.39. The highest BCUT2D eigenvalue weighted by Crippen LogP contribution is 2.17. The van der Waals surface area contributed by atoms with Gasteiger partial charge in [0, 0.05) is 17.7 Å². The van der Waals surface area contributed by atoms with E-state index in [0.29, 0.717) is 6.42 Å². The Morgan fingerprint density at radius 1 is 1.85 bits per heavy atom. The molecule has 0 spiro atoms. The molecule has 0 aromatic rings. The van der Waals surface area contributed by atoms with Gasteiger partial charge >= 0.3 is 0 Å². The fourth-order valence-electron chi connectivity index (χ4n) is 1.22. The maximum Gasteiger partial charge on any atom is 0.249 e. The Balaban J connectivity index is 2.58. The zero-order chi connectivity index (χ0) is 9.90. The van der Waals surface area contributed by atoms with Crippen LogP contribution in [0.3, 0.4) is 0 Å². The molecule has 0 aliphatic heterocycles. The van der Waals surface area contributed by atoms with E-state index in [1.807, 2.05) is 13.0 Å². The van der Waals surface area contributed by atoms with Crippen LogP contribution in [0.5, 0.6) is 0 Å². The second kappa shape index (κ2) is 3.72. The highest BCUT2D eigenvalue weighted by molar-refractivity contribution is 5.78. The molecule has 72 valence electrons. The van der Waals surface area contributed by atoms with Gasteiger partial charge in [-0.05, 0) is 13.0 Å². The molecule has 0 saturated carbocycles. The number of carbonyl (C=O) groups excluding carboxylic acids is 1. The summed E-state index contributed by atoms with van der Waals surface area (Å²) in [6.07, 6.45) is 6.04. The number of nitrogens with one attached hydrogen (secondary N) is 1. The van der Waals surface area contributed by atoms with Gasteiger partial charge in [-0.1, -0.05) is 12.2 Å².